The van der Waals surface area contributed by atoms with Gasteiger partial charge in [0.15, 0.2) is 0 Å². The number of nitrogens with one attached hydrogen (secondary N) is 1. The van der Waals surface area contributed by atoms with Crippen LogP contribution in [0, 0.1) is 0 Å². The summed E-state index contributed by atoms with van der Waals surface area (Å²) in [4.78, 5) is 13.7. The Bertz CT molecular complexity index is 408. The van der Waals surface area contributed by atoms with Crippen molar-refractivity contribution in [2.24, 2.45) is 0 Å². The molecule has 112 valence electrons. The van der Waals surface area contributed by atoms with E-state index in [0.717, 1.165) is 12.3 Å². The zero-order valence-corrected chi connectivity index (χ0v) is 13.0. The summed E-state index contributed by atoms with van der Waals surface area (Å²) < 4.78 is 5.60. The van der Waals surface area contributed by atoms with Crippen molar-refractivity contribution in [2.45, 2.75) is 32.7 Å². The van der Waals surface area contributed by atoms with Crippen LogP contribution in [0.25, 0.3) is 0 Å². The Morgan fingerprint density at radius 2 is 1.95 bits per heavy atom. The van der Waals surface area contributed by atoms with Crippen molar-refractivity contribution in [3.8, 4) is 5.75 Å². The number of para-hydroxylation sites is 1. The molecule has 1 heterocycles. The Morgan fingerprint density at radius 3 is 2.50 bits per heavy atom. The lowest BCUT2D eigenvalue weighted by molar-refractivity contribution is -0.128. The molecule has 1 aromatic carbocycles. The number of nitrogens with zero attached hydrogens (tertiary/aromatic N) is 1. The van der Waals surface area contributed by atoms with Crippen molar-refractivity contribution in [1.82, 2.24) is 10.2 Å². The van der Waals surface area contributed by atoms with Gasteiger partial charge >= 0.3 is 0 Å². The molecule has 1 fully saturated rings. The highest BCUT2D eigenvalue weighted by Crippen LogP contribution is 2.21. The standard InChI is InChI=1S/C14H20N2O2.C2H6/c1-14(15-2)10-13(17)16(11-14)8-9-18-12-6-4-3-5-7-12;1-2/h3-7,15H,8-11H2,1-2H3;1-2H3. The lowest BCUT2D eigenvalue weighted by Crippen LogP contribution is -2.42. The zero-order chi connectivity index (χ0) is 15.0. The van der Waals surface area contributed by atoms with Gasteiger partial charge in [-0.25, -0.2) is 0 Å². The van der Waals surface area contributed by atoms with Gasteiger partial charge in [-0.2, -0.15) is 0 Å². The molecule has 1 aromatic rings. The van der Waals surface area contributed by atoms with Gasteiger partial charge in [-0.1, -0.05) is 32.0 Å². The molecule has 1 aliphatic heterocycles. The Hall–Kier alpha value is -1.55. The third kappa shape index (κ3) is 4.53. The van der Waals surface area contributed by atoms with Gasteiger partial charge in [0.25, 0.3) is 0 Å². The molecule has 1 N–H and O–H groups in total. The molecule has 1 saturated heterocycles. The van der Waals surface area contributed by atoms with Crippen LogP contribution in [0.15, 0.2) is 30.3 Å². The molecule has 2 rings (SSSR count). The van der Waals surface area contributed by atoms with Gasteiger partial charge in [0, 0.05) is 18.5 Å². The van der Waals surface area contributed by atoms with Gasteiger partial charge in [-0.15, -0.1) is 0 Å². The maximum absolute atomic E-state index is 11.8. The Kier molecular flexibility index (Phi) is 6.52. The maximum Gasteiger partial charge on any atom is 0.224 e. The zero-order valence-electron chi connectivity index (χ0n) is 13.0. The lowest BCUT2D eigenvalue weighted by atomic mass is 10.0. The highest BCUT2D eigenvalue weighted by molar-refractivity contribution is 5.80. The third-order valence-corrected chi connectivity index (χ3v) is 3.41. The highest BCUT2D eigenvalue weighted by atomic mass is 16.5. The summed E-state index contributed by atoms with van der Waals surface area (Å²) in [5, 5.41) is 3.21. The summed E-state index contributed by atoms with van der Waals surface area (Å²) in [6, 6.07) is 9.67. The first-order chi connectivity index (χ1) is 9.63. The molecule has 0 aliphatic carbocycles. The van der Waals surface area contributed by atoms with E-state index in [2.05, 4.69) is 12.2 Å². The highest BCUT2D eigenvalue weighted by Gasteiger charge is 2.37. The molecule has 0 aromatic heterocycles. The number of hydrogen-bond acceptors (Lipinski definition) is 3. The third-order valence-electron chi connectivity index (χ3n) is 3.41. The van der Waals surface area contributed by atoms with Gasteiger partial charge in [-0.3, -0.25) is 4.79 Å². The van der Waals surface area contributed by atoms with Gasteiger partial charge in [0.2, 0.25) is 5.91 Å². The molecule has 0 saturated carbocycles. The number of ether oxygens (including phenoxy) is 1. The number of amides is 1. The van der Waals surface area contributed by atoms with Crippen LogP contribution >= 0.6 is 0 Å². The first-order valence-corrected chi connectivity index (χ1v) is 7.27. The minimum absolute atomic E-state index is 0.0934. The SMILES string of the molecule is CC.CNC1(C)CC(=O)N(CCOc2ccccc2)C1. The fourth-order valence-electron chi connectivity index (χ4n) is 2.17. The molecule has 0 bridgehead atoms. The molecule has 1 atom stereocenters. The fraction of sp³-hybridized carbons (Fsp3) is 0.562. The van der Waals surface area contributed by atoms with E-state index in [9.17, 15) is 4.79 Å². The maximum atomic E-state index is 11.8. The average Bonchev–Trinajstić information content (AvgIpc) is 2.78. The van der Waals surface area contributed by atoms with E-state index in [0.29, 0.717) is 19.6 Å². The fourth-order valence-corrected chi connectivity index (χ4v) is 2.17. The molecular formula is C16H26N2O2. The predicted octanol–water partition coefficient (Wildman–Crippen LogP) is 2.30. The summed E-state index contributed by atoms with van der Waals surface area (Å²) in [5.41, 5.74) is -0.0934. The molecule has 4 nitrogen and oxygen atoms in total. The molecular weight excluding hydrogens is 252 g/mol. The van der Waals surface area contributed by atoms with Crippen LogP contribution in [-0.4, -0.2) is 43.1 Å². The largest absolute Gasteiger partial charge is 0.492 e. The van der Waals surface area contributed by atoms with E-state index in [1.807, 2.05) is 56.1 Å². The lowest BCUT2D eigenvalue weighted by Gasteiger charge is -2.23. The van der Waals surface area contributed by atoms with Crippen LogP contribution < -0.4 is 10.1 Å². The average molecular weight is 278 g/mol. The number of rotatable bonds is 5. The second-order valence-corrected chi connectivity index (χ2v) is 4.96. The number of likely N-dealkylation sites (tertiary alicyclic amines) is 1. The number of likely N-dealkylation sites (N-methyl/N-ethyl adjacent to an activating group) is 1. The van der Waals surface area contributed by atoms with E-state index in [1.165, 1.54) is 0 Å². The van der Waals surface area contributed by atoms with E-state index in [1.54, 1.807) is 0 Å². The summed E-state index contributed by atoms with van der Waals surface area (Å²) in [6.45, 7) is 8.00. The van der Waals surface area contributed by atoms with E-state index < -0.39 is 0 Å². The van der Waals surface area contributed by atoms with Crippen LogP contribution in [0.1, 0.15) is 27.2 Å². The number of benzene rings is 1. The summed E-state index contributed by atoms with van der Waals surface area (Å²) in [5.74, 6) is 1.05. The van der Waals surface area contributed by atoms with Gasteiger partial charge in [-0.05, 0) is 26.1 Å². The minimum Gasteiger partial charge on any atom is -0.492 e. The quantitative estimate of drug-likeness (QED) is 0.898. The summed E-state index contributed by atoms with van der Waals surface area (Å²) >= 11 is 0. The normalized spacial score (nSPS) is 21.4. The predicted molar refractivity (Wildman–Crippen MR) is 81.9 cm³/mol. The minimum atomic E-state index is -0.0934. The number of hydrogen-bond donors (Lipinski definition) is 1. The van der Waals surface area contributed by atoms with Crippen LogP contribution in [0.4, 0.5) is 0 Å². The first-order valence-electron chi connectivity index (χ1n) is 7.27. The molecule has 0 spiro atoms. The van der Waals surface area contributed by atoms with Crippen LogP contribution in [0.3, 0.4) is 0 Å². The number of carbonyl (C=O) groups is 1. The molecule has 1 aliphatic rings. The van der Waals surface area contributed by atoms with Crippen LogP contribution in [0.5, 0.6) is 5.75 Å². The Balaban J connectivity index is 0.000000956. The molecule has 20 heavy (non-hydrogen) atoms. The van der Waals surface area contributed by atoms with Crippen molar-refractivity contribution < 1.29 is 9.53 Å². The van der Waals surface area contributed by atoms with E-state index >= 15 is 0 Å². The monoisotopic (exact) mass is 278 g/mol. The van der Waals surface area contributed by atoms with Gasteiger partial charge < -0.3 is 15.0 Å². The van der Waals surface area contributed by atoms with Gasteiger partial charge in [0.1, 0.15) is 12.4 Å². The first kappa shape index (κ1) is 16.5. The summed E-state index contributed by atoms with van der Waals surface area (Å²) in [7, 11) is 1.90. The number of carbonyl (C=O) groups excluding carboxylic acids is 1. The molecule has 0 radical (unpaired) electrons. The molecule has 1 amide bonds. The molecule has 1 unspecified atom stereocenters. The van der Waals surface area contributed by atoms with Crippen molar-refractivity contribution in [1.29, 1.82) is 0 Å². The van der Waals surface area contributed by atoms with Crippen LogP contribution in [0.2, 0.25) is 0 Å². The van der Waals surface area contributed by atoms with Crippen molar-refractivity contribution >= 4 is 5.91 Å². The van der Waals surface area contributed by atoms with Crippen LogP contribution in [-0.2, 0) is 4.79 Å². The van der Waals surface area contributed by atoms with Crippen molar-refractivity contribution in [2.75, 3.05) is 26.7 Å². The topological polar surface area (TPSA) is 41.6 Å². The van der Waals surface area contributed by atoms with Crippen molar-refractivity contribution in [3.05, 3.63) is 30.3 Å². The molecule has 4 heteroatoms. The smallest absolute Gasteiger partial charge is 0.224 e. The van der Waals surface area contributed by atoms with E-state index in [-0.39, 0.29) is 11.4 Å². The van der Waals surface area contributed by atoms with Gasteiger partial charge in [0.05, 0.1) is 6.54 Å². The Morgan fingerprint density at radius 1 is 1.30 bits per heavy atom. The second-order valence-electron chi connectivity index (χ2n) is 4.96. The Labute approximate surface area is 122 Å². The van der Waals surface area contributed by atoms with Crippen molar-refractivity contribution in [3.63, 3.8) is 0 Å². The summed E-state index contributed by atoms with van der Waals surface area (Å²) in [6.07, 6.45) is 0.564. The second kappa shape index (κ2) is 7.90. The van der Waals surface area contributed by atoms with E-state index in [4.69, 9.17) is 4.74 Å².